The molecular weight excluding hydrogens is 246 g/mol. The Morgan fingerprint density at radius 3 is 3.11 bits per heavy atom. The highest BCUT2D eigenvalue weighted by atomic mass is 32.1. The van der Waals surface area contributed by atoms with Crippen molar-refractivity contribution in [1.29, 1.82) is 0 Å². The minimum atomic E-state index is 0.0120. The first kappa shape index (κ1) is 12.8. The van der Waals surface area contributed by atoms with Gasteiger partial charge in [0.1, 0.15) is 0 Å². The van der Waals surface area contributed by atoms with E-state index >= 15 is 0 Å². The summed E-state index contributed by atoms with van der Waals surface area (Å²) in [5.74, 6) is 0.632. The number of aromatic nitrogens is 2. The Bertz CT molecular complexity index is 490. The number of H-pyrrole nitrogens is 1. The van der Waals surface area contributed by atoms with Crippen LogP contribution >= 0.6 is 11.3 Å². The minimum absolute atomic E-state index is 0.0120. The van der Waals surface area contributed by atoms with Crippen LogP contribution in [0.1, 0.15) is 30.3 Å². The maximum Gasteiger partial charge on any atom is 0.225 e. The van der Waals surface area contributed by atoms with Gasteiger partial charge in [0.15, 0.2) is 5.82 Å². The van der Waals surface area contributed by atoms with E-state index in [0.717, 1.165) is 25.0 Å². The van der Waals surface area contributed by atoms with Gasteiger partial charge in [-0.15, -0.1) is 11.3 Å². The molecule has 0 atom stereocenters. The third-order valence-electron chi connectivity index (χ3n) is 2.60. The van der Waals surface area contributed by atoms with Crippen molar-refractivity contribution in [3.05, 3.63) is 34.2 Å². The molecule has 18 heavy (non-hydrogen) atoms. The van der Waals surface area contributed by atoms with Crippen molar-refractivity contribution in [2.24, 2.45) is 0 Å². The molecule has 0 unspecified atom stereocenters. The lowest BCUT2D eigenvalue weighted by molar-refractivity contribution is -0.116. The molecule has 0 aliphatic rings. The van der Waals surface area contributed by atoms with Gasteiger partial charge in [0, 0.05) is 23.1 Å². The van der Waals surface area contributed by atoms with Crippen LogP contribution in [-0.2, 0) is 17.6 Å². The number of thiophene rings is 1. The quantitative estimate of drug-likeness (QED) is 0.841. The van der Waals surface area contributed by atoms with Gasteiger partial charge in [-0.05, 0) is 24.3 Å². The van der Waals surface area contributed by atoms with Gasteiger partial charge >= 0.3 is 0 Å². The molecule has 0 aliphatic carbocycles. The number of anilines is 1. The Kier molecular flexibility index (Phi) is 4.52. The second-order valence-electron chi connectivity index (χ2n) is 4.16. The fourth-order valence-corrected chi connectivity index (χ4v) is 2.43. The second-order valence-corrected chi connectivity index (χ2v) is 5.19. The van der Waals surface area contributed by atoms with Crippen molar-refractivity contribution in [2.45, 2.75) is 32.6 Å². The topological polar surface area (TPSA) is 57.8 Å². The molecule has 2 rings (SSSR count). The van der Waals surface area contributed by atoms with E-state index in [9.17, 15) is 4.79 Å². The summed E-state index contributed by atoms with van der Waals surface area (Å²) >= 11 is 1.68. The number of nitrogens with zero attached hydrogens (tertiary/aromatic N) is 1. The SMILES string of the molecule is CCCc1cc(NC(=O)CCc2cccs2)n[nH]1. The number of carbonyl (C=O) groups is 1. The van der Waals surface area contributed by atoms with Gasteiger partial charge in [-0.2, -0.15) is 5.10 Å². The van der Waals surface area contributed by atoms with Crippen LogP contribution in [0.15, 0.2) is 23.6 Å². The lowest BCUT2D eigenvalue weighted by atomic mass is 10.2. The Morgan fingerprint density at radius 1 is 1.50 bits per heavy atom. The van der Waals surface area contributed by atoms with E-state index < -0.39 is 0 Å². The van der Waals surface area contributed by atoms with Gasteiger partial charge in [-0.25, -0.2) is 0 Å². The second kappa shape index (κ2) is 6.35. The highest BCUT2D eigenvalue weighted by molar-refractivity contribution is 7.09. The summed E-state index contributed by atoms with van der Waals surface area (Å²) < 4.78 is 0. The van der Waals surface area contributed by atoms with Crippen LogP contribution in [0.4, 0.5) is 5.82 Å². The maximum atomic E-state index is 11.7. The molecule has 2 aromatic rings. The lowest BCUT2D eigenvalue weighted by Crippen LogP contribution is -2.12. The number of nitrogens with one attached hydrogen (secondary N) is 2. The highest BCUT2D eigenvalue weighted by Gasteiger charge is 2.06. The summed E-state index contributed by atoms with van der Waals surface area (Å²) in [7, 11) is 0. The molecule has 0 radical (unpaired) electrons. The minimum Gasteiger partial charge on any atom is -0.309 e. The van der Waals surface area contributed by atoms with E-state index in [4.69, 9.17) is 0 Å². The Labute approximate surface area is 110 Å². The van der Waals surface area contributed by atoms with E-state index in [1.54, 1.807) is 11.3 Å². The average molecular weight is 263 g/mol. The molecule has 0 spiro atoms. The first-order valence-corrected chi connectivity index (χ1v) is 7.02. The molecular formula is C13H17N3OS. The summed E-state index contributed by atoms with van der Waals surface area (Å²) in [5, 5.41) is 11.8. The number of hydrogen-bond donors (Lipinski definition) is 2. The molecule has 0 saturated heterocycles. The molecule has 2 heterocycles. The van der Waals surface area contributed by atoms with Gasteiger partial charge < -0.3 is 5.32 Å². The zero-order valence-corrected chi connectivity index (χ0v) is 11.2. The number of aryl methyl sites for hydroxylation is 2. The van der Waals surface area contributed by atoms with Gasteiger partial charge in [0.2, 0.25) is 5.91 Å². The standard InChI is InChI=1S/C13H17N3OS/c1-2-4-10-9-12(16-15-10)14-13(17)7-6-11-5-3-8-18-11/h3,5,8-9H,2,4,6-7H2,1H3,(H2,14,15,16,17). The van der Waals surface area contributed by atoms with Crippen LogP contribution < -0.4 is 5.32 Å². The average Bonchev–Trinajstić information content (AvgIpc) is 2.99. The van der Waals surface area contributed by atoms with E-state index in [-0.39, 0.29) is 5.91 Å². The largest absolute Gasteiger partial charge is 0.309 e. The summed E-state index contributed by atoms with van der Waals surface area (Å²) in [4.78, 5) is 12.9. The van der Waals surface area contributed by atoms with Crippen molar-refractivity contribution < 1.29 is 4.79 Å². The molecule has 0 saturated carbocycles. The lowest BCUT2D eigenvalue weighted by Gasteiger charge is -2.00. The fourth-order valence-electron chi connectivity index (χ4n) is 1.72. The third kappa shape index (κ3) is 3.70. The van der Waals surface area contributed by atoms with Crippen molar-refractivity contribution in [3.8, 4) is 0 Å². The van der Waals surface area contributed by atoms with Crippen LogP contribution in [0, 0.1) is 0 Å². The van der Waals surface area contributed by atoms with E-state index in [1.165, 1.54) is 4.88 Å². The molecule has 2 N–H and O–H groups in total. The molecule has 5 heteroatoms. The van der Waals surface area contributed by atoms with Crippen LogP contribution in [-0.4, -0.2) is 16.1 Å². The number of aromatic amines is 1. The van der Waals surface area contributed by atoms with Gasteiger partial charge in [-0.1, -0.05) is 19.4 Å². The highest BCUT2D eigenvalue weighted by Crippen LogP contribution is 2.12. The van der Waals surface area contributed by atoms with Crippen molar-refractivity contribution >= 4 is 23.1 Å². The van der Waals surface area contributed by atoms with Crippen LogP contribution in [0.2, 0.25) is 0 Å². The number of amides is 1. The van der Waals surface area contributed by atoms with Crippen LogP contribution in [0.3, 0.4) is 0 Å². The third-order valence-corrected chi connectivity index (χ3v) is 3.53. The van der Waals surface area contributed by atoms with Crippen LogP contribution in [0.5, 0.6) is 0 Å². The molecule has 4 nitrogen and oxygen atoms in total. The summed E-state index contributed by atoms with van der Waals surface area (Å²) in [5.41, 5.74) is 1.06. The molecule has 1 amide bonds. The summed E-state index contributed by atoms with van der Waals surface area (Å²) in [6, 6.07) is 5.95. The van der Waals surface area contributed by atoms with Crippen LogP contribution in [0.25, 0.3) is 0 Å². The number of hydrogen-bond acceptors (Lipinski definition) is 3. The van der Waals surface area contributed by atoms with Gasteiger partial charge in [0.25, 0.3) is 0 Å². The Balaban J connectivity index is 1.79. The molecule has 96 valence electrons. The monoisotopic (exact) mass is 263 g/mol. The van der Waals surface area contributed by atoms with Crippen molar-refractivity contribution in [3.63, 3.8) is 0 Å². The normalized spacial score (nSPS) is 10.5. The van der Waals surface area contributed by atoms with E-state index in [1.807, 2.05) is 23.6 Å². The smallest absolute Gasteiger partial charge is 0.225 e. The Morgan fingerprint density at radius 2 is 2.39 bits per heavy atom. The summed E-state index contributed by atoms with van der Waals surface area (Å²) in [6.07, 6.45) is 3.30. The van der Waals surface area contributed by atoms with E-state index in [0.29, 0.717) is 12.2 Å². The molecule has 0 bridgehead atoms. The molecule has 0 aromatic carbocycles. The number of carbonyl (C=O) groups excluding carboxylic acids is 1. The first-order chi connectivity index (χ1) is 8.78. The predicted octanol–water partition coefficient (Wildman–Crippen LogP) is 3.00. The Hall–Kier alpha value is -1.62. The number of rotatable bonds is 6. The van der Waals surface area contributed by atoms with Gasteiger partial charge in [0.05, 0.1) is 0 Å². The van der Waals surface area contributed by atoms with E-state index in [2.05, 4.69) is 22.4 Å². The summed E-state index contributed by atoms with van der Waals surface area (Å²) in [6.45, 7) is 2.11. The maximum absolute atomic E-state index is 11.7. The van der Waals surface area contributed by atoms with Crippen molar-refractivity contribution in [2.75, 3.05) is 5.32 Å². The first-order valence-electron chi connectivity index (χ1n) is 6.14. The molecule has 2 aromatic heterocycles. The zero-order chi connectivity index (χ0) is 12.8. The zero-order valence-electron chi connectivity index (χ0n) is 10.4. The molecule has 0 fully saturated rings. The fraction of sp³-hybridized carbons (Fsp3) is 0.385. The van der Waals surface area contributed by atoms with Crippen molar-refractivity contribution in [1.82, 2.24) is 10.2 Å². The molecule has 0 aliphatic heterocycles. The predicted molar refractivity (Wildman–Crippen MR) is 73.9 cm³/mol. The van der Waals surface area contributed by atoms with Gasteiger partial charge in [-0.3, -0.25) is 9.89 Å².